The minimum atomic E-state index is -0.503. The van der Waals surface area contributed by atoms with E-state index in [-0.39, 0.29) is 12.1 Å². The lowest BCUT2D eigenvalue weighted by atomic mass is 10.2. The minimum absolute atomic E-state index is 0.0407. The molecule has 0 N–H and O–H groups in total. The second-order valence-corrected chi connectivity index (χ2v) is 6.68. The van der Waals surface area contributed by atoms with E-state index in [1.165, 1.54) is 0 Å². The molecule has 124 valence electrons. The second-order valence-electron chi connectivity index (χ2n) is 6.68. The van der Waals surface area contributed by atoms with Crippen molar-refractivity contribution in [3.05, 3.63) is 18.0 Å². The smallest absolute Gasteiger partial charge is 0.410 e. The molecule has 1 fully saturated rings. The minimum Gasteiger partial charge on any atom is -0.444 e. The third-order valence-corrected chi connectivity index (χ3v) is 3.51. The number of anilines is 1. The Labute approximate surface area is 136 Å². The summed E-state index contributed by atoms with van der Waals surface area (Å²) in [5.41, 5.74) is -0.160. The van der Waals surface area contributed by atoms with Crippen LogP contribution in [0.5, 0.6) is 0 Å². The highest BCUT2D eigenvalue weighted by Gasteiger charge is 2.29. The van der Waals surface area contributed by atoms with Crippen LogP contribution in [0.25, 0.3) is 0 Å². The van der Waals surface area contributed by atoms with Crippen molar-refractivity contribution in [1.29, 1.82) is 5.26 Å². The molecule has 1 atom stereocenters. The number of hydrogen-bond acceptors (Lipinski definition) is 6. The highest BCUT2D eigenvalue weighted by Crippen LogP contribution is 2.18. The first-order chi connectivity index (χ1) is 10.8. The first-order valence-electron chi connectivity index (χ1n) is 7.78. The highest BCUT2D eigenvalue weighted by atomic mass is 16.6. The fraction of sp³-hybridized carbons (Fsp3) is 0.625. The molecule has 23 heavy (non-hydrogen) atoms. The van der Waals surface area contributed by atoms with Crippen molar-refractivity contribution in [1.82, 2.24) is 14.9 Å². The van der Waals surface area contributed by atoms with Gasteiger partial charge in [0.1, 0.15) is 17.4 Å². The van der Waals surface area contributed by atoms with Gasteiger partial charge in [-0.2, -0.15) is 5.26 Å². The summed E-state index contributed by atoms with van der Waals surface area (Å²) in [6.07, 6.45) is 2.09. The maximum Gasteiger partial charge on any atom is 0.410 e. The number of amides is 1. The van der Waals surface area contributed by atoms with Gasteiger partial charge in [-0.25, -0.2) is 14.8 Å². The fourth-order valence-corrected chi connectivity index (χ4v) is 2.50. The first-order valence-corrected chi connectivity index (χ1v) is 7.78. The molecule has 7 nitrogen and oxygen atoms in total. The highest BCUT2D eigenvalue weighted by molar-refractivity contribution is 5.68. The molecule has 1 amide bonds. The molecule has 0 unspecified atom stereocenters. The van der Waals surface area contributed by atoms with Gasteiger partial charge < -0.3 is 14.5 Å². The van der Waals surface area contributed by atoms with Crippen LogP contribution in [0.4, 0.5) is 10.7 Å². The number of ether oxygens (including phenoxy) is 1. The van der Waals surface area contributed by atoms with E-state index in [4.69, 9.17) is 10.00 Å². The molecule has 0 aromatic carbocycles. The maximum atomic E-state index is 12.3. The zero-order valence-electron chi connectivity index (χ0n) is 14.1. The molecule has 0 spiro atoms. The van der Waals surface area contributed by atoms with Crippen LogP contribution in [0.3, 0.4) is 0 Å². The van der Waals surface area contributed by atoms with Crippen LogP contribution < -0.4 is 4.90 Å². The SMILES string of the molecule is C[C@H]1CN(C(=O)OC(C)(C)C)CCCN1c1nccc(C#N)n1. The Balaban J connectivity index is 2.10. The van der Waals surface area contributed by atoms with Gasteiger partial charge in [0.2, 0.25) is 5.95 Å². The molecule has 1 aliphatic heterocycles. The predicted molar refractivity (Wildman–Crippen MR) is 86.0 cm³/mol. The van der Waals surface area contributed by atoms with Crippen LogP contribution in [-0.2, 0) is 4.74 Å². The Morgan fingerprint density at radius 2 is 2.17 bits per heavy atom. The summed E-state index contributed by atoms with van der Waals surface area (Å²) in [7, 11) is 0. The Morgan fingerprint density at radius 1 is 1.43 bits per heavy atom. The molecule has 7 heteroatoms. The van der Waals surface area contributed by atoms with Crippen molar-refractivity contribution in [3.8, 4) is 6.07 Å². The van der Waals surface area contributed by atoms with Crippen LogP contribution in [0, 0.1) is 11.3 Å². The number of aromatic nitrogens is 2. The normalized spacial score (nSPS) is 19.0. The number of nitriles is 1. The van der Waals surface area contributed by atoms with Crippen LogP contribution in [0.2, 0.25) is 0 Å². The molecule has 2 heterocycles. The monoisotopic (exact) mass is 317 g/mol. The number of hydrogen-bond donors (Lipinski definition) is 0. The predicted octanol–water partition coefficient (Wildman–Crippen LogP) is 2.18. The zero-order chi connectivity index (χ0) is 17.0. The van der Waals surface area contributed by atoms with Gasteiger partial charge in [0, 0.05) is 31.9 Å². The largest absolute Gasteiger partial charge is 0.444 e. The van der Waals surface area contributed by atoms with Gasteiger partial charge in [-0.15, -0.1) is 0 Å². The van der Waals surface area contributed by atoms with Gasteiger partial charge in [-0.05, 0) is 40.2 Å². The molecule has 0 aliphatic carbocycles. The molecule has 1 aliphatic rings. The van der Waals surface area contributed by atoms with Crippen molar-refractivity contribution < 1.29 is 9.53 Å². The zero-order valence-corrected chi connectivity index (χ0v) is 14.1. The Morgan fingerprint density at radius 3 is 2.83 bits per heavy atom. The summed E-state index contributed by atoms with van der Waals surface area (Å²) >= 11 is 0. The van der Waals surface area contributed by atoms with Gasteiger partial charge in [-0.3, -0.25) is 0 Å². The van der Waals surface area contributed by atoms with E-state index in [2.05, 4.69) is 9.97 Å². The molecule has 0 bridgehead atoms. The van der Waals surface area contributed by atoms with E-state index in [1.54, 1.807) is 17.2 Å². The average molecular weight is 317 g/mol. The molecular formula is C16H23N5O2. The molecule has 2 rings (SSSR count). The van der Waals surface area contributed by atoms with Crippen molar-refractivity contribution >= 4 is 12.0 Å². The van der Waals surface area contributed by atoms with Crippen LogP contribution >= 0.6 is 0 Å². The van der Waals surface area contributed by atoms with E-state index < -0.39 is 5.60 Å². The fourth-order valence-electron chi connectivity index (χ4n) is 2.50. The summed E-state index contributed by atoms with van der Waals surface area (Å²) < 4.78 is 5.45. The van der Waals surface area contributed by atoms with Gasteiger partial charge in [0.15, 0.2) is 0 Å². The maximum absolute atomic E-state index is 12.3. The molecule has 1 aromatic heterocycles. The molecular weight excluding hydrogens is 294 g/mol. The lowest BCUT2D eigenvalue weighted by Crippen LogP contribution is -2.43. The molecule has 0 radical (unpaired) electrons. The second kappa shape index (κ2) is 6.82. The van der Waals surface area contributed by atoms with Gasteiger partial charge in [-0.1, -0.05) is 0 Å². The topological polar surface area (TPSA) is 82.4 Å². The standard InChI is InChI=1S/C16H23N5O2/c1-12-11-20(15(22)23-16(2,3)4)8-5-9-21(12)14-18-7-6-13(10-17)19-14/h6-7,12H,5,8-9,11H2,1-4H3/t12-/m0/s1. The molecule has 0 saturated carbocycles. The summed E-state index contributed by atoms with van der Waals surface area (Å²) in [5.74, 6) is 0.530. The number of rotatable bonds is 1. The van der Waals surface area contributed by atoms with Crippen LogP contribution in [0.15, 0.2) is 12.3 Å². The molecule has 1 saturated heterocycles. The quantitative estimate of drug-likeness (QED) is 0.789. The number of nitrogens with zero attached hydrogens (tertiary/aromatic N) is 5. The van der Waals surface area contributed by atoms with Gasteiger partial charge >= 0.3 is 6.09 Å². The number of carbonyl (C=O) groups is 1. The molecule has 1 aromatic rings. The van der Waals surface area contributed by atoms with E-state index in [9.17, 15) is 4.79 Å². The summed E-state index contributed by atoms with van der Waals surface area (Å²) in [5, 5.41) is 8.98. The van der Waals surface area contributed by atoms with Crippen LogP contribution in [-0.4, -0.2) is 52.2 Å². The summed E-state index contributed by atoms with van der Waals surface area (Å²) in [4.78, 5) is 24.5. The Kier molecular flexibility index (Phi) is 5.04. The lowest BCUT2D eigenvalue weighted by molar-refractivity contribution is 0.0251. The summed E-state index contributed by atoms with van der Waals surface area (Å²) in [6, 6.07) is 3.65. The van der Waals surface area contributed by atoms with Crippen molar-refractivity contribution in [2.75, 3.05) is 24.5 Å². The Bertz CT molecular complexity index is 605. The van der Waals surface area contributed by atoms with E-state index in [0.717, 1.165) is 13.0 Å². The third kappa shape index (κ3) is 4.55. The Hall–Kier alpha value is -2.36. The van der Waals surface area contributed by atoms with E-state index in [0.29, 0.717) is 24.7 Å². The average Bonchev–Trinajstić information content (AvgIpc) is 2.67. The van der Waals surface area contributed by atoms with E-state index >= 15 is 0 Å². The third-order valence-electron chi connectivity index (χ3n) is 3.51. The lowest BCUT2D eigenvalue weighted by Gasteiger charge is -2.30. The van der Waals surface area contributed by atoms with Gasteiger partial charge in [0.05, 0.1) is 0 Å². The van der Waals surface area contributed by atoms with Crippen molar-refractivity contribution in [2.24, 2.45) is 0 Å². The van der Waals surface area contributed by atoms with E-state index in [1.807, 2.05) is 38.7 Å². The van der Waals surface area contributed by atoms with Crippen molar-refractivity contribution in [2.45, 2.75) is 45.8 Å². The van der Waals surface area contributed by atoms with Crippen LogP contribution in [0.1, 0.15) is 39.8 Å². The summed E-state index contributed by atoms with van der Waals surface area (Å²) in [6.45, 7) is 9.50. The van der Waals surface area contributed by atoms with Crippen molar-refractivity contribution in [3.63, 3.8) is 0 Å². The van der Waals surface area contributed by atoms with Gasteiger partial charge in [0.25, 0.3) is 0 Å². The first kappa shape index (κ1) is 17.0. The number of carbonyl (C=O) groups excluding carboxylic acids is 1.